The highest BCUT2D eigenvalue weighted by atomic mass is 79.9. The summed E-state index contributed by atoms with van der Waals surface area (Å²) in [5, 5.41) is 6.45. The van der Waals surface area contributed by atoms with Gasteiger partial charge in [-0.05, 0) is 52.9 Å². The number of fused-ring (bicyclic) bond motifs is 1. The standard InChI is InChI=1S/C21H18Br2N2O/c1-14-19(22)11-15(12-20(14)23)13-24-25-21(26)10-9-17-7-4-6-16-5-2-3-8-18(16)17/h2-8,11-13H,9-10H2,1H3,(H,25,26)/b24-13+. The van der Waals surface area contributed by atoms with E-state index in [-0.39, 0.29) is 5.91 Å². The van der Waals surface area contributed by atoms with Crippen LogP contribution in [0.3, 0.4) is 0 Å². The number of aryl methyl sites for hydroxylation is 1. The third-order valence-corrected chi connectivity index (χ3v) is 5.85. The molecule has 0 aliphatic heterocycles. The van der Waals surface area contributed by atoms with Crippen molar-refractivity contribution in [2.45, 2.75) is 19.8 Å². The summed E-state index contributed by atoms with van der Waals surface area (Å²) in [5.74, 6) is -0.0978. The third-order valence-electron chi connectivity index (χ3n) is 4.21. The zero-order chi connectivity index (χ0) is 18.5. The summed E-state index contributed by atoms with van der Waals surface area (Å²) < 4.78 is 1.99. The first-order valence-electron chi connectivity index (χ1n) is 8.29. The summed E-state index contributed by atoms with van der Waals surface area (Å²) >= 11 is 7.02. The fourth-order valence-electron chi connectivity index (χ4n) is 2.73. The molecule has 0 bridgehead atoms. The summed E-state index contributed by atoms with van der Waals surface area (Å²) in [6.07, 6.45) is 2.72. The van der Waals surface area contributed by atoms with Gasteiger partial charge in [-0.25, -0.2) is 5.43 Å². The largest absolute Gasteiger partial charge is 0.273 e. The van der Waals surface area contributed by atoms with Crippen LogP contribution >= 0.6 is 31.9 Å². The summed E-state index contributed by atoms with van der Waals surface area (Å²) in [7, 11) is 0. The lowest BCUT2D eigenvalue weighted by Crippen LogP contribution is -2.18. The minimum absolute atomic E-state index is 0.0978. The number of amides is 1. The molecule has 0 aromatic heterocycles. The second-order valence-electron chi connectivity index (χ2n) is 6.04. The second kappa shape index (κ2) is 8.60. The van der Waals surface area contributed by atoms with Crippen LogP contribution in [0.5, 0.6) is 0 Å². The number of rotatable bonds is 5. The van der Waals surface area contributed by atoms with Gasteiger partial charge in [-0.1, -0.05) is 74.3 Å². The van der Waals surface area contributed by atoms with Crippen LogP contribution in [0.2, 0.25) is 0 Å². The fourth-order valence-corrected chi connectivity index (χ4v) is 3.95. The van der Waals surface area contributed by atoms with Crippen molar-refractivity contribution in [1.82, 2.24) is 5.43 Å². The van der Waals surface area contributed by atoms with Gasteiger partial charge in [-0.2, -0.15) is 5.10 Å². The molecule has 0 spiro atoms. The number of nitrogens with zero attached hydrogens (tertiary/aromatic N) is 1. The molecule has 0 radical (unpaired) electrons. The Morgan fingerprint density at radius 2 is 1.77 bits per heavy atom. The van der Waals surface area contributed by atoms with E-state index < -0.39 is 0 Å². The molecule has 0 saturated carbocycles. The average molecular weight is 474 g/mol. The maximum atomic E-state index is 12.1. The highest BCUT2D eigenvalue weighted by molar-refractivity contribution is 9.11. The van der Waals surface area contributed by atoms with Gasteiger partial charge in [0.1, 0.15) is 0 Å². The molecular formula is C21H18Br2N2O. The first-order valence-corrected chi connectivity index (χ1v) is 9.87. The number of benzene rings is 3. The number of nitrogens with one attached hydrogen (secondary N) is 1. The van der Waals surface area contributed by atoms with E-state index in [0.29, 0.717) is 12.8 Å². The Hall–Kier alpha value is -1.98. The van der Waals surface area contributed by atoms with Crippen LogP contribution in [0, 0.1) is 6.92 Å². The normalized spacial score (nSPS) is 11.2. The van der Waals surface area contributed by atoms with Gasteiger partial charge in [0, 0.05) is 15.4 Å². The molecule has 1 amide bonds. The van der Waals surface area contributed by atoms with Gasteiger partial charge in [0.05, 0.1) is 6.21 Å². The summed E-state index contributed by atoms with van der Waals surface area (Å²) in [6, 6.07) is 18.3. The van der Waals surface area contributed by atoms with E-state index in [9.17, 15) is 4.79 Å². The Bertz CT molecular complexity index is 954. The van der Waals surface area contributed by atoms with Crippen molar-refractivity contribution < 1.29 is 4.79 Å². The van der Waals surface area contributed by atoms with E-state index >= 15 is 0 Å². The van der Waals surface area contributed by atoms with E-state index in [1.165, 1.54) is 16.3 Å². The quantitative estimate of drug-likeness (QED) is 0.371. The Balaban J connectivity index is 1.59. The summed E-state index contributed by atoms with van der Waals surface area (Å²) in [4.78, 5) is 12.1. The SMILES string of the molecule is Cc1c(Br)cc(/C=N/NC(=O)CCc2cccc3ccccc23)cc1Br. The van der Waals surface area contributed by atoms with E-state index in [2.05, 4.69) is 66.7 Å². The number of halogens is 2. The first kappa shape index (κ1) is 18.8. The maximum Gasteiger partial charge on any atom is 0.240 e. The van der Waals surface area contributed by atoms with Crippen molar-refractivity contribution in [1.29, 1.82) is 0 Å². The van der Waals surface area contributed by atoms with Gasteiger partial charge in [-0.3, -0.25) is 4.79 Å². The Morgan fingerprint density at radius 1 is 1.08 bits per heavy atom. The molecule has 0 atom stereocenters. The van der Waals surface area contributed by atoms with Crippen LogP contribution in [0.25, 0.3) is 10.8 Å². The van der Waals surface area contributed by atoms with Crippen LogP contribution in [0.15, 0.2) is 68.6 Å². The Labute approximate surface area is 169 Å². The molecule has 3 aromatic carbocycles. The van der Waals surface area contributed by atoms with Gasteiger partial charge < -0.3 is 0 Å². The minimum atomic E-state index is -0.0978. The van der Waals surface area contributed by atoms with Crippen LogP contribution in [-0.2, 0) is 11.2 Å². The van der Waals surface area contributed by atoms with E-state index in [4.69, 9.17) is 0 Å². The lowest BCUT2D eigenvalue weighted by molar-refractivity contribution is -0.121. The van der Waals surface area contributed by atoms with Crippen molar-refractivity contribution in [3.05, 3.63) is 80.2 Å². The lowest BCUT2D eigenvalue weighted by atomic mass is 10.0. The highest BCUT2D eigenvalue weighted by Crippen LogP contribution is 2.25. The molecule has 0 unspecified atom stereocenters. The number of carbonyl (C=O) groups is 1. The number of carbonyl (C=O) groups excluding carboxylic acids is 1. The first-order chi connectivity index (χ1) is 12.5. The Kier molecular flexibility index (Phi) is 6.22. The zero-order valence-electron chi connectivity index (χ0n) is 14.3. The highest BCUT2D eigenvalue weighted by Gasteiger charge is 2.05. The van der Waals surface area contributed by atoms with Crippen molar-refractivity contribution in [2.24, 2.45) is 5.10 Å². The summed E-state index contributed by atoms with van der Waals surface area (Å²) in [6.45, 7) is 2.02. The molecule has 0 saturated heterocycles. The van der Waals surface area contributed by atoms with Gasteiger partial charge in [0.2, 0.25) is 5.91 Å². The van der Waals surface area contributed by atoms with Crippen molar-refractivity contribution >= 4 is 54.8 Å². The molecule has 1 N–H and O–H groups in total. The van der Waals surface area contributed by atoms with Crippen LogP contribution < -0.4 is 5.43 Å². The molecule has 0 aliphatic rings. The lowest BCUT2D eigenvalue weighted by Gasteiger charge is -2.06. The molecule has 0 aliphatic carbocycles. The zero-order valence-corrected chi connectivity index (χ0v) is 17.5. The minimum Gasteiger partial charge on any atom is -0.273 e. The molecule has 132 valence electrons. The number of hydrazone groups is 1. The molecule has 5 heteroatoms. The third kappa shape index (κ3) is 4.59. The maximum absolute atomic E-state index is 12.1. The number of hydrogen-bond acceptors (Lipinski definition) is 2. The average Bonchev–Trinajstić information content (AvgIpc) is 2.64. The topological polar surface area (TPSA) is 41.5 Å². The molecule has 0 fully saturated rings. The van der Waals surface area contributed by atoms with E-state index in [1.54, 1.807) is 6.21 Å². The molecule has 3 aromatic rings. The predicted molar refractivity (Wildman–Crippen MR) is 115 cm³/mol. The molecule has 0 heterocycles. The van der Waals surface area contributed by atoms with E-state index in [0.717, 1.165) is 20.1 Å². The molecule has 3 rings (SSSR count). The molecular weight excluding hydrogens is 456 g/mol. The van der Waals surface area contributed by atoms with Crippen molar-refractivity contribution in [3.8, 4) is 0 Å². The fraction of sp³-hybridized carbons (Fsp3) is 0.143. The Morgan fingerprint density at radius 3 is 2.54 bits per heavy atom. The summed E-state index contributed by atoms with van der Waals surface area (Å²) in [5.41, 5.74) is 5.81. The monoisotopic (exact) mass is 472 g/mol. The van der Waals surface area contributed by atoms with Crippen molar-refractivity contribution in [3.63, 3.8) is 0 Å². The van der Waals surface area contributed by atoms with Crippen LogP contribution in [-0.4, -0.2) is 12.1 Å². The van der Waals surface area contributed by atoms with Crippen LogP contribution in [0.4, 0.5) is 0 Å². The predicted octanol–water partition coefficient (Wildman–Crippen LogP) is 5.76. The second-order valence-corrected chi connectivity index (χ2v) is 7.75. The van der Waals surface area contributed by atoms with Gasteiger partial charge in [0.25, 0.3) is 0 Å². The van der Waals surface area contributed by atoms with Crippen molar-refractivity contribution in [2.75, 3.05) is 0 Å². The van der Waals surface area contributed by atoms with Gasteiger partial charge in [-0.15, -0.1) is 0 Å². The molecule has 26 heavy (non-hydrogen) atoms. The van der Waals surface area contributed by atoms with E-state index in [1.807, 2.05) is 37.3 Å². The number of hydrogen-bond donors (Lipinski definition) is 1. The van der Waals surface area contributed by atoms with Crippen LogP contribution in [0.1, 0.15) is 23.1 Å². The molecule has 3 nitrogen and oxygen atoms in total. The van der Waals surface area contributed by atoms with Gasteiger partial charge >= 0.3 is 0 Å². The smallest absolute Gasteiger partial charge is 0.240 e. The van der Waals surface area contributed by atoms with Gasteiger partial charge in [0.15, 0.2) is 0 Å².